The molecule has 11 N–H and O–H groups in total. The number of hydrogen-bond donors (Lipinski definition) is 8. The van der Waals surface area contributed by atoms with Crippen molar-refractivity contribution < 1.29 is 29.4 Å². The van der Waals surface area contributed by atoms with Gasteiger partial charge in [-0.05, 0) is 37.3 Å². The molecule has 35 heavy (non-hydrogen) atoms. The van der Waals surface area contributed by atoms with Gasteiger partial charge in [-0.1, -0.05) is 18.2 Å². The number of amides is 2. The van der Waals surface area contributed by atoms with Gasteiger partial charge in [0.05, 0.1) is 6.04 Å². The fourth-order valence-electron chi connectivity index (χ4n) is 3.48. The molecule has 1 aromatic heterocycles. The fourth-order valence-corrected chi connectivity index (χ4v) is 3.48. The lowest BCUT2D eigenvalue weighted by Gasteiger charge is -2.22. The van der Waals surface area contributed by atoms with Crippen molar-refractivity contribution in [3.63, 3.8) is 0 Å². The van der Waals surface area contributed by atoms with E-state index in [2.05, 4.69) is 20.6 Å². The largest absolute Gasteiger partial charge is 0.481 e. The smallest absolute Gasteiger partial charge is 0.326 e. The van der Waals surface area contributed by atoms with Gasteiger partial charge in [0, 0.05) is 30.1 Å². The molecule has 0 aliphatic rings. The minimum absolute atomic E-state index is 0.0967. The van der Waals surface area contributed by atoms with E-state index < -0.39 is 48.3 Å². The van der Waals surface area contributed by atoms with Gasteiger partial charge >= 0.3 is 11.9 Å². The average Bonchev–Trinajstić information content (AvgIpc) is 3.20. The Kier molecular flexibility index (Phi) is 10.0. The van der Waals surface area contributed by atoms with Gasteiger partial charge in [-0.15, -0.1) is 0 Å². The highest BCUT2D eigenvalue weighted by Gasteiger charge is 2.28. The van der Waals surface area contributed by atoms with Crippen LogP contribution in [0.5, 0.6) is 0 Å². The van der Waals surface area contributed by atoms with Crippen molar-refractivity contribution in [3.8, 4) is 0 Å². The van der Waals surface area contributed by atoms with Gasteiger partial charge in [0.15, 0.2) is 5.96 Å². The van der Waals surface area contributed by atoms with Crippen LogP contribution in [0.25, 0.3) is 10.9 Å². The van der Waals surface area contributed by atoms with Crippen molar-refractivity contribution >= 4 is 40.6 Å². The number of aliphatic imine (C=N–C) groups is 1. The Labute approximate surface area is 201 Å². The summed E-state index contributed by atoms with van der Waals surface area (Å²) in [5.41, 5.74) is 18.4. The highest BCUT2D eigenvalue weighted by molar-refractivity contribution is 5.92. The highest BCUT2D eigenvalue weighted by Crippen LogP contribution is 2.18. The minimum Gasteiger partial charge on any atom is -0.481 e. The van der Waals surface area contributed by atoms with Gasteiger partial charge in [0.2, 0.25) is 11.8 Å². The van der Waals surface area contributed by atoms with E-state index in [9.17, 15) is 24.3 Å². The number of guanidine groups is 1. The number of H-pyrrole nitrogens is 1. The molecule has 13 heteroatoms. The lowest BCUT2D eigenvalue weighted by atomic mass is 10.0. The summed E-state index contributed by atoms with van der Waals surface area (Å²) in [7, 11) is 0. The number of nitrogens with one attached hydrogen (secondary N) is 3. The zero-order valence-corrected chi connectivity index (χ0v) is 19.1. The maximum absolute atomic E-state index is 12.8. The van der Waals surface area contributed by atoms with Crippen molar-refractivity contribution in [1.29, 1.82) is 0 Å². The third kappa shape index (κ3) is 8.62. The molecule has 0 bridgehead atoms. The van der Waals surface area contributed by atoms with E-state index in [0.29, 0.717) is 6.42 Å². The van der Waals surface area contributed by atoms with Crippen molar-refractivity contribution in [2.45, 2.75) is 50.2 Å². The second-order valence-electron chi connectivity index (χ2n) is 8.01. The zero-order valence-electron chi connectivity index (χ0n) is 19.1. The van der Waals surface area contributed by atoms with Crippen LogP contribution in [0, 0.1) is 0 Å². The van der Waals surface area contributed by atoms with Crippen LogP contribution in [0.3, 0.4) is 0 Å². The van der Waals surface area contributed by atoms with Crippen molar-refractivity contribution in [2.75, 3.05) is 6.54 Å². The summed E-state index contributed by atoms with van der Waals surface area (Å²) in [6, 6.07) is 3.99. The Morgan fingerprint density at radius 3 is 2.34 bits per heavy atom. The monoisotopic (exact) mass is 489 g/mol. The van der Waals surface area contributed by atoms with Crippen LogP contribution in [0.15, 0.2) is 35.5 Å². The number of rotatable bonds is 14. The number of nitrogens with zero attached hydrogens (tertiary/aromatic N) is 1. The molecule has 0 radical (unpaired) electrons. The molecule has 1 heterocycles. The fraction of sp³-hybridized carbons (Fsp3) is 0.409. The van der Waals surface area contributed by atoms with E-state index in [1.807, 2.05) is 24.3 Å². The molecule has 2 aromatic rings. The second-order valence-corrected chi connectivity index (χ2v) is 8.01. The minimum atomic E-state index is -1.43. The topological polar surface area (TPSA) is 239 Å². The molecule has 190 valence electrons. The van der Waals surface area contributed by atoms with Gasteiger partial charge in [-0.25, -0.2) is 4.79 Å². The number of fused-ring (bicyclic) bond motifs is 1. The normalized spacial score (nSPS) is 13.4. The first-order valence-corrected chi connectivity index (χ1v) is 11.0. The van der Waals surface area contributed by atoms with Crippen LogP contribution >= 0.6 is 0 Å². The van der Waals surface area contributed by atoms with Gasteiger partial charge in [-0.2, -0.15) is 0 Å². The summed E-state index contributed by atoms with van der Waals surface area (Å²) in [5, 5.41) is 23.9. The molecule has 0 spiro atoms. The number of benzene rings is 1. The van der Waals surface area contributed by atoms with E-state index in [-0.39, 0.29) is 31.8 Å². The Morgan fingerprint density at radius 2 is 1.69 bits per heavy atom. The number of aromatic amines is 1. The van der Waals surface area contributed by atoms with E-state index in [1.54, 1.807) is 6.20 Å². The Bertz CT molecular complexity index is 1080. The molecule has 0 aliphatic heterocycles. The third-order valence-electron chi connectivity index (χ3n) is 5.29. The number of carbonyl (C=O) groups excluding carboxylic acids is 2. The Hall–Kier alpha value is -4.13. The van der Waals surface area contributed by atoms with Crippen LogP contribution in [-0.4, -0.2) is 69.6 Å². The number of para-hydroxylation sites is 1. The van der Waals surface area contributed by atoms with Crippen LogP contribution in [0.1, 0.15) is 31.2 Å². The zero-order chi connectivity index (χ0) is 26.0. The summed E-state index contributed by atoms with van der Waals surface area (Å²) in [6.45, 7) is 0.185. The van der Waals surface area contributed by atoms with Gasteiger partial charge in [-0.3, -0.25) is 19.4 Å². The predicted molar refractivity (Wildman–Crippen MR) is 128 cm³/mol. The van der Waals surface area contributed by atoms with Crippen LogP contribution < -0.4 is 27.8 Å². The van der Waals surface area contributed by atoms with Crippen molar-refractivity contribution in [1.82, 2.24) is 15.6 Å². The molecule has 3 atom stereocenters. The van der Waals surface area contributed by atoms with Gasteiger partial charge < -0.3 is 43.0 Å². The number of hydrogen-bond acceptors (Lipinski definition) is 6. The predicted octanol–water partition coefficient (Wildman–Crippen LogP) is -0.990. The maximum Gasteiger partial charge on any atom is 0.326 e. The number of carboxylic acids is 2. The standard InChI is InChI=1S/C22H31N7O6/c23-14(10-12-11-27-15-5-2-1-4-13(12)15)19(32)28-16(6-3-9-26-22(24)25)20(33)29-17(21(34)35)7-8-18(30)31/h1-2,4-5,11,14,16-17,27H,3,6-10,23H2,(H,28,32)(H,29,33)(H,30,31)(H,34,35)(H4,24,25,26). The molecule has 0 aliphatic carbocycles. The van der Waals surface area contributed by atoms with E-state index in [4.69, 9.17) is 22.3 Å². The molecule has 2 amide bonds. The summed E-state index contributed by atoms with van der Waals surface area (Å²) in [5.74, 6) is -4.10. The molecule has 0 saturated carbocycles. The molecule has 0 fully saturated rings. The van der Waals surface area contributed by atoms with Crippen molar-refractivity contribution in [3.05, 3.63) is 36.0 Å². The van der Waals surface area contributed by atoms with Gasteiger partial charge in [0.1, 0.15) is 12.1 Å². The highest BCUT2D eigenvalue weighted by atomic mass is 16.4. The van der Waals surface area contributed by atoms with Crippen LogP contribution in [-0.2, 0) is 25.6 Å². The van der Waals surface area contributed by atoms with E-state index in [0.717, 1.165) is 16.5 Å². The van der Waals surface area contributed by atoms with Crippen LogP contribution in [0.2, 0.25) is 0 Å². The molecule has 2 rings (SSSR count). The summed E-state index contributed by atoms with van der Waals surface area (Å²) in [6.07, 6.45) is 1.60. The third-order valence-corrected chi connectivity index (χ3v) is 5.29. The first-order chi connectivity index (χ1) is 16.6. The maximum atomic E-state index is 12.8. The Balaban J connectivity index is 2.08. The number of aliphatic carboxylic acids is 2. The number of aromatic nitrogens is 1. The molecular formula is C22H31N7O6. The second kappa shape index (κ2) is 12.9. The molecule has 0 saturated heterocycles. The first kappa shape index (κ1) is 27.1. The Morgan fingerprint density at radius 1 is 1.00 bits per heavy atom. The van der Waals surface area contributed by atoms with Crippen LogP contribution in [0.4, 0.5) is 0 Å². The van der Waals surface area contributed by atoms with E-state index >= 15 is 0 Å². The molecule has 3 unspecified atom stereocenters. The molecule has 1 aromatic carbocycles. The average molecular weight is 490 g/mol. The lowest BCUT2D eigenvalue weighted by molar-refractivity contribution is -0.143. The first-order valence-electron chi connectivity index (χ1n) is 11.0. The number of nitrogens with two attached hydrogens (primary N) is 3. The molecule has 13 nitrogen and oxygen atoms in total. The lowest BCUT2D eigenvalue weighted by Crippen LogP contribution is -2.54. The summed E-state index contributed by atoms with van der Waals surface area (Å²) in [4.78, 5) is 54.8. The van der Waals surface area contributed by atoms with Gasteiger partial charge in [0.25, 0.3) is 0 Å². The van der Waals surface area contributed by atoms with E-state index in [1.165, 1.54) is 0 Å². The summed E-state index contributed by atoms with van der Waals surface area (Å²) >= 11 is 0. The number of carboxylic acid groups (broad SMARTS) is 2. The number of carbonyl (C=O) groups is 4. The van der Waals surface area contributed by atoms with Crippen molar-refractivity contribution in [2.24, 2.45) is 22.2 Å². The quantitative estimate of drug-likeness (QED) is 0.0921. The molecular weight excluding hydrogens is 458 g/mol. The summed E-state index contributed by atoms with van der Waals surface area (Å²) < 4.78 is 0. The SMILES string of the molecule is NC(N)=NCCCC(NC(=O)C(N)Cc1c[nH]c2ccccc12)C(=O)NC(CCC(=O)O)C(=O)O.